The fourth-order valence-electron chi connectivity index (χ4n) is 3.47. The summed E-state index contributed by atoms with van der Waals surface area (Å²) in [6.07, 6.45) is 9.79. The van der Waals surface area contributed by atoms with Crippen LogP contribution in [0.5, 0.6) is 0 Å². The van der Waals surface area contributed by atoms with E-state index in [0.29, 0.717) is 25.1 Å². The normalized spacial score (nSPS) is 17.8. The van der Waals surface area contributed by atoms with Gasteiger partial charge in [0.1, 0.15) is 0 Å². The zero-order valence-corrected chi connectivity index (χ0v) is 14.2. The molecule has 3 rings (SSSR count). The highest BCUT2D eigenvalue weighted by Crippen LogP contribution is 2.19. The monoisotopic (exact) mass is 326 g/mol. The summed E-state index contributed by atoms with van der Waals surface area (Å²) in [6.45, 7) is 2.12. The third-order valence-corrected chi connectivity index (χ3v) is 4.85. The largest absolute Gasteiger partial charge is 0.352 e. The van der Waals surface area contributed by atoms with E-state index in [4.69, 9.17) is 0 Å². The first-order chi connectivity index (χ1) is 11.7. The van der Waals surface area contributed by atoms with Crippen LogP contribution in [-0.4, -0.2) is 29.8 Å². The van der Waals surface area contributed by atoms with E-state index in [2.05, 4.69) is 11.4 Å². The van der Waals surface area contributed by atoms with Gasteiger partial charge in [0.05, 0.1) is 0 Å². The Kier molecular flexibility index (Phi) is 5.68. The molecule has 0 unspecified atom stereocenters. The number of likely N-dealkylation sites (tertiary alicyclic amines) is 1. The van der Waals surface area contributed by atoms with Gasteiger partial charge in [0, 0.05) is 31.6 Å². The second kappa shape index (κ2) is 8.13. The topological polar surface area (TPSA) is 49.4 Å². The minimum absolute atomic E-state index is 0.0268. The number of carbonyl (C=O) groups excluding carboxylic acids is 2. The molecular formula is C20H26N2O2. The molecule has 2 aliphatic rings. The molecule has 2 amide bonds. The van der Waals surface area contributed by atoms with Crippen molar-refractivity contribution in [3.63, 3.8) is 0 Å². The maximum absolute atomic E-state index is 12.3. The molecule has 24 heavy (non-hydrogen) atoms. The molecule has 4 nitrogen and oxygen atoms in total. The van der Waals surface area contributed by atoms with Crippen LogP contribution in [0, 0.1) is 0 Å². The number of nitrogens with zero attached hydrogens (tertiary/aromatic N) is 1. The van der Waals surface area contributed by atoms with Crippen molar-refractivity contribution in [2.24, 2.45) is 0 Å². The van der Waals surface area contributed by atoms with E-state index in [1.165, 1.54) is 31.3 Å². The average Bonchev–Trinajstić information content (AvgIpc) is 3.01. The van der Waals surface area contributed by atoms with Crippen LogP contribution >= 0.6 is 0 Å². The van der Waals surface area contributed by atoms with Crippen molar-refractivity contribution in [1.82, 2.24) is 10.2 Å². The average molecular weight is 326 g/mol. The molecular weight excluding hydrogens is 300 g/mol. The molecule has 4 heteroatoms. The quantitative estimate of drug-likeness (QED) is 0.814. The van der Waals surface area contributed by atoms with Gasteiger partial charge in [0.25, 0.3) is 5.91 Å². The lowest BCUT2D eigenvalue weighted by Crippen LogP contribution is -2.26. The molecule has 0 saturated carbocycles. The highest BCUT2D eigenvalue weighted by atomic mass is 16.2. The first kappa shape index (κ1) is 16.7. The van der Waals surface area contributed by atoms with E-state index >= 15 is 0 Å². The minimum atomic E-state index is -0.0268. The predicted octanol–water partition coefficient (Wildman–Crippen LogP) is 3.43. The van der Waals surface area contributed by atoms with Crippen molar-refractivity contribution >= 4 is 11.8 Å². The summed E-state index contributed by atoms with van der Waals surface area (Å²) >= 11 is 0. The van der Waals surface area contributed by atoms with Crippen LogP contribution in [0.3, 0.4) is 0 Å². The fourth-order valence-corrected chi connectivity index (χ4v) is 3.47. The van der Waals surface area contributed by atoms with E-state index < -0.39 is 0 Å². The number of hydrogen-bond acceptors (Lipinski definition) is 2. The summed E-state index contributed by atoms with van der Waals surface area (Å²) in [7, 11) is 0. The lowest BCUT2D eigenvalue weighted by atomic mass is 9.97. The van der Waals surface area contributed by atoms with Gasteiger partial charge in [-0.15, -0.1) is 0 Å². The zero-order valence-electron chi connectivity index (χ0n) is 14.2. The summed E-state index contributed by atoms with van der Waals surface area (Å²) < 4.78 is 0. The third-order valence-electron chi connectivity index (χ3n) is 4.85. The van der Waals surface area contributed by atoms with Crippen LogP contribution in [0.2, 0.25) is 0 Å². The van der Waals surface area contributed by atoms with Crippen molar-refractivity contribution in [3.8, 4) is 0 Å². The Morgan fingerprint density at radius 3 is 2.83 bits per heavy atom. The lowest BCUT2D eigenvalue weighted by molar-refractivity contribution is -0.128. The molecule has 1 heterocycles. The van der Waals surface area contributed by atoms with Crippen molar-refractivity contribution < 1.29 is 9.59 Å². The van der Waals surface area contributed by atoms with Crippen molar-refractivity contribution in [2.75, 3.05) is 13.1 Å². The molecule has 1 aromatic rings. The number of rotatable bonds is 6. The standard InChI is InChI=1S/C20H26N2O2/c23-19-10-5-13-22(19)15-17-8-4-9-18(14-17)20(24)21-12-11-16-6-2-1-3-7-16/h4,6,8-9,14H,1-3,5,7,10-13,15H2,(H,21,24). The van der Waals surface area contributed by atoms with Gasteiger partial charge in [-0.3, -0.25) is 9.59 Å². The van der Waals surface area contributed by atoms with E-state index in [1.54, 1.807) is 0 Å². The highest BCUT2D eigenvalue weighted by Gasteiger charge is 2.20. The Balaban J connectivity index is 1.51. The summed E-state index contributed by atoms with van der Waals surface area (Å²) in [5, 5.41) is 3.02. The summed E-state index contributed by atoms with van der Waals surface area (Å²) in [5.74, 6) is 0.187. The first-order valence-electron chi connectivity index (χ1n) is 9.05. The molecule has 0 bridgehead atoms. The van der Waals surface area contributed by atoms with Gasteiger partial charge in [-0.25, -0.2) is 0 Å². The molecule has 1 fully saturated rings. The van der Waals surface area contributed by atoms with Gasteiger partial charge in [0.15, 0.2) is 0 Å². The van der Waals surface area contributed by atoms with Crippen LogP contribution in [0.4, 0.5) is 0 Å². The van der Waals surface area contributed by atoms with Gasteiger partial charge in [-0.2, -0.15) is 0 Å². The van der Waals surface area contributed by atoms with Crippen molar-refractivity contribution in [1.29, 1.82) is 0 Å². The summed E-state index contributed by atoms with van der Waals surface area (Å²) in [5.41, 5.74) is 3.17. The molecule has 128 valence electrons. The first-order valence-corrected chi connectivity index (χ1v) is 9.05. The van der Waals surface area contributed by atoms with Gasteiger partial charge in [0.2, 0.25) is 5.91 Å². The zero-order chi connectivity index (χ0) is 16.8. The molecule has 1 aliphatic heterocycles. The number of allylic oxidation sites excluding steroid dienone is 1. The molecule has 1 aliphatic carbocycles. The minimum Gasteiger partial charge on any atom is -0.352 e. The smallest absolute Gasteiger partial charge is 0.251 e. The Morgan fingerprint density at radius 2 is 2.08 bits per heavy atom. The number of carbonyl (C=O) groups is 2. The number of nitrogens with one attached hydrogen (secondary N) is 1. The maximum atomic E-state index is 12.3. The van der Waals surface area contributed by atoms with E-state index in [9.17, 15) is 9.59 Å². The molecule has 0 aromatic heterocycles. The van der Waals surface area contributed by atoms with Gasteiger partial charge < -0.3 is 10.2 Å². The Labute approximate surface area is 143 Å². The Hall–Kier alpha value is -2.10. The Morgan fingerprint density at radius 1 is 1.17 bits per heavy atom. The second-order valence-electron chi connectivity index (χ2n) is 6.73. The van der Waals surface area contributed by atoms with Crippen LogP contribution in [0.15, 0.2) is 35.9 Å². The van der Waals surface area contributed by atoms with Crippen molar-refractivity contribution in [3.05, 3.63) is 47.0 Å². The molecule has 1 aromatic carbocycles. The SMILES string of the molecule is O=C(NCCC1=CCCCC1)c1cccc(CN2CCCC2=O)c1. The highest BCUT2D eigenvalue weighted by molar-refractivity contribution is 5.94. The molecule has 0 atom stereocenters. The fraction of sp³-hybridized carbons (Fsp3) is 0.500. The molecule has 0 radical (unpaired) electrons. The summed E-state index contributed by atoms with van der Waals surface area (Å²) in [4.78, 5) is 25.9. The number of hydrogen-bond donors (Lipinski definition) is 1. The van der Waals surface area contributed by atoms with Crippen LogP contribution in [0.25, 0.3) is 0 Å². The molecule has 1 N–H and O–H groups in total. The molecule has 0 spiro atoms. The lowest BCUT2D eigenvalue weighted by Gasteiger charge is -2.16. The van der Waals surface area contributed by atoms with Crippen LogP contribution in [-0.2, 0) is 11.3 Å². The Bertz CT molecular complexity index is 636. The van der Waals surface area contributed by atoms with E-state index in [0.717, 1.165) is 24.9 Å². The van der Waals surface area contributed by atoms with Gasteiger partial charge >= 0.3 is 0 Å². The second-order valence-corrected chi connectivity index (χ2v) is 6.73. The predicted molar refractivity (Wildman–Crippen MR) is 94.6 cm³/mol. The maximum Gasteiger partial charge on any atom is 0.251 e. The van der Waals surface area contributed by atoms with E-state index in [-0.39, 0.29) is 11.8 Å². The van der Waals surface area contributed by atoms with Crippen LogP contribution in [0.1, 0.15) is 60.9 Å². The van der Waals surface area contributed by atoms with Crippen molar-refractivity contribution in [2.45, 2.75) is 51.5 Å². The van der Waals surface area contributed by atoms with E-state index in [1.807, 2.05) is 29.2 Å². The van der Waals surface area contributed by atoms with Gasteiger partial charge in [-0.05, 0) is 56.2 Å². The molecule has 1 saturated heterocycles. The summed E-state index contributed by atoms with van der Waals surface area (Å²) in [6, 6.07) is 7.62. The van der Waals surface area contributed by atoms with Crippen LogP contribution < -0.4 is 5.32 Å². The van der Waals surface area contributed by atoms with Gasteiger partial charge in [-0.1, -0.05) is 23.8 Å². The number of amides is 2. The third kappa shape index (κ3) is 4.47. The number of benzene rings is 1.